The van der Waals surface area contributed by atoms with Gasteiger partial charge in [-0.15, -0.1) is 0 Å². The molecule has 15 heavy (non-hydrogen) atoms. The van der Waals surface area contributed by atoms with Crippen molar-refractivity contribution in [1.82, 2.24) is 0 Å². The van der Waals surface area contributed by atoms with Crippen molar-refractivity contribution in [2.75, 3.05) is 14.2 Å². The minimum atomic E-state index is -0.0225. The van der Waals surface area contributed by atoms with Gasteiger partial charge in [0, 0.05) is 14.2 Å². The first kappa shape index (κ1) is 14.4. The van der Waals surface area contributed by atoms with Gasteiger partial charge in [-0.1, -0.05) is 37.6 Å². The molecule has 0 amide bonds. The SMILES string of the molecule is C=C/C=C/CCCCCCC(OC)OC. The van der Waals surface area contributed by atoms with Gasteiger partial charge in [0.25, 0.3) is 0 Å². The molecular weight excluding hydrogens is 188 g/mol. The lowest BCUT2D eigenvalue weighted by Gasteiger charge is -2.12. The maximum absolute atomic E-state index is 5.11. The van der Waals surface area contributed by atoms with E-state index >= 15 is 0 Å². The number of ether oxygens (including phenoxy) is 2. The van der Waals surface area contributed by atoms with Crippen LogP contribution >= 0.6 is 0 Å². The molecule has 0 aliphatic carbocycles. The summed E-state index contributed by atoms with van der Waals surface area (Å²) >= 11 is 0. The third kappa shape index (κ3) is 9.70. The van der Waals surface area contributed by atoms with Crippen LogP contribution in [0.2, 0.25) is 0 Å². The van der Waals surface area contributed by atoms with Crippen molar-refractivity contribution in [3.63, 3.8) is 0 Å². The zero-order valence-electron chi connectivity index (χ0n) is 10.1. The fraction of sp³-hybridized carbons (Fsp3) is 0.692. The summed E-state index contributed by atoms with van der Waals surface area (Å²) in [5, 5.41) is 0. The summed E-state index contributed by atoms with van der Waals surface area (Å²) in [6, 6.07) is 0. The number of rotatable bonds is 10. The minimum absolute atomic E-state index is 0.0225. The number of hydrogen-bond donors (Lipinski definition) is 0. The molecule has 0 saturated heterocycles. The van der Waals surface area contributed by atoms with E-state index in [9.17, 15) is 0 Å². The molecule has 0 aliphatic heterocycles. The van der Waals surface area contributed by atoms with Crippen LogP contribution in [0.15, 0.2) is 24.8 Å². The molecule has 0 aromatic rings. The highest BCUT2D eigenvalue weighted by Gasteiger charge is 2.02. The first-order chi connectivity index (χ1) is 7.35. The van der Waals surface area contributed by atoms with Crippen LogP contribution in [0, 0.1) is 0 Å². The standard InChI is InChI=1S/C13H24O2/c1-4-5-6-7-8-9-10-11-12-13(14-2)15-3/h4-6,13H,1,7-12H2,2-3H3/b6-5+. The largest absolute Gasteiger partial charge is 0.356 e. The van der Waals surface area contributed by atoms with E-state index in [1.165, 1.54) is 25.7 Å². The Kier molecular flexibility index (Phi) is 11.0. The molecule has 2 heteroatoms. The lowest BCUT2D eigenvalue weighted by molar-refractivity contribution is -0.107. The fourth-order valence-electron chi connectivity index (χ4n) is 1.45. The maximum Gasteiger partial charge on any atom is 0.156 e. The summed E-state index contributed by atoms with van der Waals surface area (Å²) in [6.07, 6.45) is 13.1. The van der Waals surface area contributed by atoms with Gasteiger partial charge in [0.1, 0.15) is 0 Å². The van der Waals surface area contributed by atoms with Crippen molar-refractivity contribution in [3.05, 3.63) is 24.8 Å². The van der Waals surface area contributed by atoms with E-state index in [4.69, 9.17) is 9.47 Å². The van der Waals surface area contributed by atoms with Crippen molar-refractivity contribution in [2.45, 2.75) is 44.8 Å². The Labute approximate surface area is 94.0 Å². The van der Waals surface area contributed by atoms with Crippen LogP contribution in [-0.4, -0.2) is 20.5 Å². The second kappa shape index (κ2) is 11.5. The van der Waals surface area contributed by atoms with Crippen molar-refractivity contribution in [1.29, 1.82) is 0 Å². The molecule has 0 saturated carbocycles. The van der Waals surface area contributed by atoms with E-state index in [1.807, 2.05) is 12.2 Å². The maximum atomic E-state index is 5.11. The first-order valence-electron chi connectivity index (χ1n) is 5.68. The van der Waals surface area contributed by atoms with E-state index in [0.717, 1.165) is 12.8 Å². The van der Waals surface area contributed by atoms with Gasteiger partial charge in [-0.05, 0) is 25.7 Å². The van der Waals surface area contributed by atoms with Gasteiger partial charge >= 0.3 is 0 Å². The molecule has 0 N–H and O–H groups in total. The van der Waals surface area contributed by atoms with Gasteiger partial charge in [-0.3, -0.25) is 0 Å². The molecule has 0 spiro atoms. The zero-order valence-corrected chi connectivity index (χ0v) is 10.1. The molecule has 2 nitrogen and oxygen atoms in total. The molecular formula is C13H24O2. The van der Waals surface area contributed by atoms with Crippen LogP contribution < -0.4 is 0 Å². The molecule has 0 radical (unpaired) electrons. The Bertz CT molecular complexity index is 160. The summed E-state index contributed by atoms with van der Waals surface area (Å²) in [5.41, 5.74) is 0. The van der Waals surface area contributed by atoms with Crippen molar-refractivity contribution in [2.24, 2.45) is 0 Å². The average molecular weight is 212 g/mol. The van der Waals surface area contributed by atoms with Gasteiger partial charge in [-0.2, -0.15) is 0 Å². The Balaban J connectivity index is 3.17. The third-order valence-corrected chi connectivity index (χ3v) is 2.36. The molecule has 0 unspecified atom stereocenters. The second-order valence-corrected chi connectivity index (χ2v) is 3.56. The van der Waals surface area contributed by atoms with Gasteiger partial charge in [0.2, 0.25) is 0 Å². The third-order valence-electron chi connectivity index (χ3n) is 2.36. The predicted molar refractivity (Wildman–Crippen MR) is 64.8 cm³/mol. The smallest absolute Gasteiger partial charge is 0.156 e. The first-order valence-corrected chi connectivity index (χ1v) is 5.68. The fourth-order valence-corrected chi connectivity index (χ4v) is 1.45. The van der Waals surface area contributed by atoms with Gasteiger partial charge in [0.05, 0.1) is 0 Å². The van der Waals surface area contributed by atoms with Crippen LogP contribution in [-0.2, 0) is 9.47 Å². The molecule has 0 aliphatic rings. The molecule has 0 aromatic heterocycles. The van der Waals surface area contributed by atoms with Crippen LogP contribution in [0.3, 0.4) is 0 Å². The van der Waals surface area contributed by atoms with Crippen LogP contribution in [0.5, 0.6) is 0 Å². The highest BCUT2D eigenvalue weighted by atomic mass is 16.7. The lowest BCUT2D eigenvalue weighted by Crippen LogP contribution is -2.12. The Morgan fingerprint density at radius 1 is 1.07 bits per heavy atom. The molecule has 0 atom stereocenters. The average Bonchev–Trinajstić information content (AvgIpc) is 2.27. The zero-order chi connectivity index (χ0) is 11.4. The topological polar surface area (TPSA) is 18.5 Å². The molecule has 0 aromatic carbocycles. The van der Waals surface area contributed by atoms with Crippen LogP contribution in [0.1, 0.15) is 38.5 Å². The minimum Gasteiger partial charge on any atom is -0.356 e. The Morgan fingerprint density at radius 2 is 1.73 bits per heavy atom. The monoisotopic (exact) mass is 212 g/mol. The molecule has 0 rings (SSSR count). The summed E-state index contributed by atoms with van der Waals surface area (Å²) in [4.78, 5) is 0. The number of allylic oxidation sites excluding steroid dienone is 3. The quantitative estimate of drug-likeness (QED) is 0.312. The number of hydrogen-bond acceptors (Lipinski definition) is 2. The van der Waals surface area contributed by atoms with Crippen LogP contribution in [0.25, 0.3) is 0 Å². The lowest BCUT2D eigenvalue weighted by atomic mass is 10.1. The van der Waals surface area contributed by atoms with E-state index < -0.39 is 0 Å². The highest BCUT2D eigenvalue weighted by molar-refractivity contribution is 4.96. The van der Waals surface area contributed by atoms with Gasteiger partial charge in [-0.25, -0.2) is 0 Å². The van der Waals surface area contributed by atoms with E-state index in [2.05, 4.69) is 12.7 Å². The number of methoxy groups -OCH3 is 2. The summed E-state index contributed by atoms with van der Waals surface area (Å²) < 4.78 is 10.2. The van der Waals surface area contributed by atoms with Crippen LogP contribution in [0.4, 0.5) is 0 Å². The Hall–Kier alpha value is -0.600. The Morgan fingerprint density at radius 3 is 2.33 bits per heavy atom. The highest BCUT2D eigenvalue weighted by Crippen LogP contribution is 2.09. The molecule has 88 valence electrons. The molecule has 0 fully saturated rings. The summed E-state index contributed by atoms with van der Waals surface area (Å²) in [6.45, 7) is 3.63. The van der Waals surface area contributed by atoms with Gasteiger partial charge < -0.3 is 9.47 Å². The van der Waals surface area contributed by atoms with E-state index in [1.54, 1.807) is 14.2 Å². The van der Waals surface area contributed by atoms with Crippen molar-refractivity contribution >= 4 is 0 Å². The van der Waals surface area contributed by atoms with E-state index in [0.29, 0.717) is 0 Å². The van der Waals surface area contributed by atoms with Crippen molar-refractivity contribution in [3.8, 4) is 0 Å². The molecule has 0 bridgehead atoms. The summed E-state index contributed by atoms with van der Waals surface area (Å²) in [5.74, 6) is 0. The number of unbranched alkanes of at least 4 members (excludes halogenated alkanes) is 4. The van der Waals surface area contributed by atoms with E-state index in [-0.39, 0.29) is 6.29 Å². The van der Waals surface area contributed by atoms with Gasteiger partial charge in [0.15, 0.2) is 6.29 Å². The molecule has 0 heterocycles. The predicted octanol–water partition coefficient (Wildman–Crippen LogP) is 3.69. The van der Waals surface area contributed by atoms with Crippen molar-refractivity contribution < 1.29 is 9.47 Å². The summed E-state index contributed by atoms with van der Waals surface area (Å²) in [7, 11) is 3.38. The second-order valence-electron chi connectivity index (χ2n) is 3.56. The normalized spacial score (nSPS) is 11.4.